The molecule has 4 N–H and O–H groups in total. The summed E-state index contributed by atoms with van der Waals surface area (Å²) in [5.74, 6) is 0.206. The van der Waals surface area contributed by atoms with Gasteiger partial charge in [-0.3, -0.25) is 9.59 Å². The van der Waals surface area contributed by atoms with E-state index in [1.165, 1.54) is 0 Å². The van der Waals surface area contributed by atoms with Crippen molar-refractivity contribution in [3.05, 3.63) is 23.8 Å². The van der Waals surface area contributed by atoms with Gasteiger partial charge in [0.15, 0.2) is 0 Å². The highest BCUT2D eigenvalue weighted by molar-refractivity contribution is 5.81. The van der Waals surface area contributed by atoms with Crippen LogP contribution in [0.2, 0.25) is 0 Å². The monoisotopic (exact) mass is 310 g/mol. The van der Waals surface area contributed by atoms with Crippen molar-refractivity contribution in [3.63, 3.8) is 0 Å². The van der Waals surface area contributed by atoms with Crippen molar-refractivity contribution in [1.29, 1.82) is 0 Å². The third-order valence-corrected chi connectivity index (χ3v) is 3.64. The van der Waals surface area contributed by atoms with Gasteiger partial charge >= 0.3 is 0 Å². The van der Waals surface area contributed by atoms with Crippen molar-refractivity contribution in [3.8, 4) is 0 Å². The molecule has 1 aromatic heterocycles. The first kappa shape index (κ1) is 18.0. The largest absolute Gasteiger partial charge is 0.483 e. The molecule has 1 atom stereocenters. The molecule has 122 valence electrons. The van der Waals surface area contributed by atoms with Crippen LogP contribution in [0.4, 0.5) is 0 Å². The molecule has 1 aliphatic rings. The summed E-state index contributed by atoms with van der Waals surface area (Å²) in [6.07, 6.45) is 5.15. The van der Waals surface area contributed by atoms with Crippen molar-refractivity contribution in [1.82, 2.24) is 14.9 Å². The highest BCUT2D eigenvalue weighted by atomic mass is 16.3. The van der Waals surface area contributed by atoms with Gasteiger partial charge in [0.25, 0.3) is 6.47 Å². The molecule has 1 aliphatic heterocycles. The summed E-state index contributed by atoms with van der Waals surface area (Å²) in [5.41, 5.74) is 7.73. The average molecular weight is 310 g/mol. The molecule has 1 saturated heterocycles. The summed E-state index contributed by atoms with van der Waals surface area (Å²) in [7, 11) is 0. The maximum Gasteiger partial charge on any atom is 0.290 e. The number of carboxylic acid groups (broad SMARTS) is 1. The Morgan fingerprint density at radius 2 is 2.14 bits per heavy atom. The van der Waals surface area contributed by atoms with Gasteiger partial charge in [0.2, 0.25) is 5.91 Å². The summed E-state index contributed by atoms with van der Waals surface area (Å²) >= 11 is 0. The molecule has 8 heteroatoms. The lowest BCUT2D eigenvalue weighted by molar-refractivity contribution is -0.134. The van der Waals surface area contributed by atoms with E-state index in [2.05, 4.69) is 9.97 Å². The molecule has 0 spiro atoms. The minimum Gasteiger partial charge on any atom is -0.483 e. The van der Waals surface area contributed by atoms with Gasteiger partial charge in [-0.15, -0.1) is 0 Å². The number of likely N-dealkylation sites (tertiary alicyclic amines) is 1. The van der Waals surface area contributed by atoms with E-state index >= 15 is 0 Å². The Labute approximate surface area is 129 Å². The topological polar surface area (TPSA) is 130 Å². The van der Waals surface area contributed by atoms with Gasteiger partial charge in [0, 0.05) is 30.9 Å². The number of amides is 1. The maximum atomic E-state index is 11.9. The molecule has 0 aromatic carbocycles. The molecule has 1 aromatic rings. The fraction of sp³-hybridized carbons (Fsp3) is 0.571. The van der Waals surface area contributed by atoms with Gasteiger partial charge in [-0.2, -0.15) is 0 Å². The predicted molar refractivity (Wildman–Crippen MR) is 79.1 cm³/mol. The van der Waals surface area contributed by atoms with Crippen LogP contribution in [0.1, 0.15) is 30.0 Å². The van der Waals surface area contributed by atoms with Crippen molar-refractivity contribution < 1.29 is 19.8 Å². The van der Waals surface area contributed by atoms with Crippen LogP contribution in [0.3, 0.4) is 0 Å². The highest BCUT2D eigenvalue weighted by Gasteiger charge is 2.27. The Balaban J connectivity index is 0.000000745. The van der Waals surface area contributed by atoms with Crippen molar-refractivity contribution in [2.75, 3.05) is 19.7 Å². The molecule has 2 rings (SSSR count). The van der Waals surface area contributed by atoms with Crippen LogP contribution in [0, 0.1) is 6.92 Å². The summed E-state index contributed by atoms with van der Waals surface area (Å²) in [5, 5.41) is 15.8. The van der Waals surface area contributed by atoms with E-state index in [0.29, 0.717) is 19.0 Å². The standard InChI is InChI=1S/C13H20N4O2.CH2O2/c1-9-6-15-8-16-12(9)10-2-4-17(5-3-10)13(19)11(14)7-18;2-1-3/h6,8,10-11,18H,2-5,7,14H2,1H3;1H,(H,2,3)/t11-;/m0./s1. The normalized spacial score (nSPS) is 16.4. The molecule has 0 saturated carbocycles. The number of aromatic nitrogens is 2. The van der Waals surface area contributed by atoms with Gasteiger partial charge in [-0.25, -0.2) is 9.97 Å². The van der Waals surface area contributed by atoms with E-state index in [1.54, 1.807) is 11.2 Å². The Morgan fingerprint density at radius 3 is 2.64 bits per heavy atom. The van der Waals surface area contributed by atoms with Crippen LogP contribution in [-0.4, -0.2) is 63.2 Å². The predicted octanol–water partition coefficient (Wildman–Crippen LogP) is -0.489. The van der Waals surface area contributed by atoms with E-state index in [-0.39, 0.29) is 19.0 Å². The van der Waals surface area contributed by atoms with Gasteiger partial charge in [-0.05, 0) is 25.3 Å². The van der Waals surface area contributed by atoms with Crippen LogP contribution < -0.4 is 5.73 Å². The van der Waals surface area contributed by atoms with Crippen LogP contribution in [0.25, 0.3) is 0 Å². The number of aryl methyl sites for hydroxylation is 1. The third-order valence-electron chi connectivity index (χ3n) is 3.64. The lowest BCUT2D eigenvalue weighted by Crippen LogP contribution is -2.48. The van der Waals surface area contributed by atoms with Gasteiger partial charge in [-0.1, -0.05) is 0 Å². The zero-order valence-corrected chi connectivity index (χ0v) is 12.6. The molecular formula is C14H22N4O4. The second kappa shape index (κ2) is 9.06. The molecule has 0 bridgehead atoms. The van der Waals surface area contributed by atoms with Crippen molar-refractivity contribution in [2.45, 2.75) is 31.7 Å². The number of nitrogens with two attached hydrogens (primary N) is 1. The fourth-order valence-corrected chi connectivity index (χ4v) is 2.52. The lowest BCUT2D eigenvalue weighted by Gasteiger charge is -2.33. The third kappa shape index (κ3) is 4.74. The molecule has 0 aliphatic carbocycles. The molecule has 2 heterocycles. The van der Waals surface area contributed by atoms with E-state index < -0.39 is 6.04 Å². The summed E-state index contributed by atoms with van der Waals surface area (Å²) in [4.78, 5) is 30.3. The summed E-state index contributed by atoms with van der Waals surface area (Å²) in [6.45, 7) is 2.79. The number of hydrogen-bond donors (Lipinski definition) is 3. The SMILES string of the molecule is Cc1cncnc1C1CCN(C(=O)[C@@H](N)CO)CC1.O=CO. The minimum atomic E-state index is -0.794. The van der Waals surface area contributed by atoms with Crippen LogP contribution >= 0.6 is 0 Å². The number of rotatable bonds is 3. The first-order valence-electron chi connectivity index (χ1n) is 7.04. The first-order chi connectivity index (χ1) is 10.5. The Kier molecular flexibility index (Phi) is 7.41. The molecule has 0 unspecified atom stereocenters. The maximum absolute atomic E-state index is 11.9. The second-order valence-corrected chi connectivity index (χ2v) is 5.09. The fourth-order valence-electron chi connectivity index (χ4n) is 2.52. The number of nitrogens with zero attached hydrogens (tertiary/aromatic N) is 3. The number of carbonyl (C=O) groups is 2. The van der Waals surface area contributed by atoms with Gasteiger partial charge in [0.1, 0.15) is 12.4 Å². The molecule has 8 nitrogen and oxygen atoms in total. The zero-order chi connectivity index (χ0) is 16.5. The smallest absolute Gasteiger partial charge is 0.290 e. The van der Waals surface area contributed by atoms with Gasteiger partial charge < -0.3 is 20.8 Å². The molecule has 22 heavy (non-hydrogen) atoms. The quantitative estimate of drug-likeness (QED) is 0.642. The van der Waals surface area contributed by atoms with Crippen molar-refractivity contribution in [2.24, 2.45) is 5.73 Å². The number of aliphatic hydroxyl groups is 1. The molecule has 1 amide bonds. The first-order valence-corrected chi connectivity index (χ1v) is 7.04. The number of aliphatic hydroxyl groups excluding tert-OH is 1. The van der Waals surface area contributed by atoms with E-state index in [4.69, 9.17) is 20.7 Å². The zero-order valence-electron chi connectivity index (χ0n) is 12.6. The van der Waals surface area contributed by atoms with Crippen LogP contribution in [0.15, 0.2) is 12.5 Å². The average Bonchev–Trinajstić information content (AvgIpc) is 2.55. The van der Waals surface area contributed by atoms with E-state index in [9.17, 15) is 4.79 Å². The van der Waals surface area contributed by atoms with E-state index in [0.717, 1.165) is 24.1 Å². The molecule has 1 fully saturated rings. The summed E-state index contributed by atoms with van der Waals surface area (Å²) < 4.78 is 0. The van der Waals surface area contributed by atoms with E-state index in [1.807, 2.05) is 13.1 Å². The number of carbonyl (C=O) groups excluding carboxylic acids is 1. The minimum absolute atomic E-state index is 0.166. The van der Waals surface area contributed by atoms with Crippen LogP contribution in [0.5, 0.6) is 0 Å². The number of hydrogen-bond acceptors (Lipinski definition) is 6. The Bertz CT molecular complexity index is 489. The highest BCUT2D eigenvalue weighted by Crippen LogP contribution is 2.28. The van der Waals surface area contributed by atoms with Crippen molar-refractivity contribution >= 4 is 12.4 Å². The lowest BCUT2D eigenvalue weighted by atomic mass is 9.91. The molecular weight excluding hydrogens is 288 g/mol. The Hall–Kier alpha value is -2.06. The van der Waals surface area contributed by atoms with Gasteiger partial charge in [0.05, 0.1) is 6.61 Å². The second-order valence-electron chi connectivity index (χ2n) is 5.09. The molecule has 0 radical (unpaired) electrons. The Morgan fingerprint density at radius 1 is 1.55 bits per heavy atom. The summed E-state index contributed by atoms with van der Waals surface area (Å²) in [6, 6.07) is -0.794. The number of piperidine rings is 1. The van der Waals surface area contributed by atoms with Crippen LogP contribution in [-0.2, 0) is 9.59 Å².